The van der Waals surface area contributed by atoms with Crippen LogP contribution in [0.5, 0.6) is 0 Å². The zero-order valence-electron chi connectivity index (χ0n) is 13.8. The van der Waals surface area contributed by atoms with Gasteiger partial charge in [0, 0.05) is 17.1 Å². The second-order valence-corrected chi connectivity index (χ2v) is 6.19. The SMILES string of the molecule is CN(C)C(CNC(=O)c1ccc(C(F)(F)F)cc1)c1ccccc1Cl. The van der Waals surface area contributed by atoms with Crippen molar-refractivity contribution in [2.24, 2.45) is 0 Å². The molecule has 2 rings (SSSR count). The Morgan fingerprint density at radius 3 is 2.24 bits per heavy atom. The summed E-state index contributed by atoms with van der Waals surface area (Å²) in [5.41, 5.74) is 0.248. The standard InChI is InChI=1S/C18H18ClF3N2O/c1-24(2)16(14-5-3-4-6-15(14)19)11-23-17(25)12-7-9-13(10-8-12)18(20,21)22/h3-10,16H,11H2,1-2H3,(H,23,25). The van der Waals surface area contributed by atoms with Gasteiger partial charge in [0.25, 0.3) is 5.91 Å². The molecule has 25 heavy (non-hydrogen) atoms. The summed E-state index contributed by atoms with van der Waals surface area (Å²) in [6, 6.07) is 11.3. The molecule has 2 aromatic rings. The van der Waals surface area contributed by atoms with Crippen molar-refractivity contribution in [3.05, 3.63) is 70.2 Å². The molecule has 1 amide bonds. The van der Waals surface area contributed by atoms with Crippen LogP contribution in [0.15, 0.2) is 48.5 Å². The Hall–Kier alpha value is -2.05. The van der Waals surface area contributed by atoms with Gasteiger partial charge in [-0.1, -0.05) is 29.8 Å². The van der Waals surface area contributed by atoms with Crippen LogP contribution in [-0.2, 0) is 6.18 Å². The van der Waals surface area contributed by atoms with Gasteiger partial charge in [0.15, 0.2) is 0 Å². The van der Waals surface area contributed by atoms with Crippen molar-refractivity contribution < 1.29 is 18.0 Å². The predicted octanol–water partition coefficient (Wildman–Crippen LogP) is 4.39. The van der Waals surface area contributed by atoms with Gasteiger partial charge in [-0.2, -0.15) is 13.2 Å². The Bertz CT molecular complexity index is 730. The summed E-state index contributed by atoms with van der Waals surface area (Å²) < 4.78 is 37.7. The molecule has 1 N–H and O–H groups in total. The first-order valence-electron chi connectivity index (χ1n) is 7.56. The Kier molecular flexibility index (Phi) is 6.08. The Morgan fingerprint density at radius 2 is 1.72 bits per heavy atom. The van der Waals surface area contributed by atoms with Crippen molar-refractivity contribution in [1.29, 1.82) is 0 Å². The molecule has 0 saturated carbocycles. The first-order valence-corrected chi connectivity index (χ1v) is 7.94. The molecule has 1 atom stereocenters. The molecule has 0 spiro atoms. The van der Waals surface area contributed by atoms with Gasteiger partial charge in [0.2, 0.25) is 0 Å². The van der Waals surface area contributed by atoms with Crippen LogP contribution < -0.4 is 5.32 Å². The Balaban J connectivity index is 2.08. The van der Waals surface area contributed by atoms with Crippen molar-refractivity contribution >= 4 is 17.5 Å². The van der Waals surface area contributed by atoms with Crippen LogP contribution in [-0.4, -0.2) is 31.4 Å². The Labute approximate surface area is 149 Å². The molecule has 134 valence electrons. The molecule has 7 heteroatoms. The first kappa shape index (κ1) is 19.3. The molecule has 0 saturated heterocycles. The van der Waals surface area contributed by atoms with Crippen molar-refractivity contribution in [2.75, 3.05) is 20.6 Å². The lowest BCUT2D eigenvalue weighted by molar-refractivity contribution is -0.137. The third kappa shape index (κ3) is 4.96. The summed E-state index contributed by atoms with van der Waals surface area (Å²) in [5, 5.41) is 3.33. The van der Waals surface area contributed by atoms with Gasteiger partial charge in [-0.25, -0.2) is 0 Å². The number of likely N-dealkylation sites (N-methyl/N-ethyl adjacent to an activating group) is 1. The van der Waals surface area contributed by atoms with Gasteiger partial charge in [-0.05, 0) is 50.0 Å². The summed E-state index contributed by atoms with van der Waals surface area (Å²) in [5.74, 6) is -0.437. The number of benzene rings is 2. The molecule has 0 heterocycles. The summed E-state index contributed by atoms with van der Waals surface area (Å²) in [6.07, 6.45) is -4.42. The average molecular weight is 371 g/mol. The summed E-state index contributed by atoms with van der Waals surface area (Å²) in [7, 11) is 3.72. The fourth-order valence-corrected chi connectivity index (χ4v) is 2.68. The third-order valence-electron chi connectivity index (χ3n) is 3.82. The van der Waals surface area contributed by atoms with Crippen molar-refractivity contribution in [1.82, 2.24) is 10.2 Å². The van der Waals surface area contributed by atoms with Gasteiger partial charge in [-0.15, -0.1) is 0 Å². The van der Waals surface area contributed by atoms with Gasteiger partial charge in [0.1, 0.15) is 0 Å². The number of hydrogen-bond acceptors (Lipinski definition) is 2. The molecule has 0 aliphatic heterocycles. The molecule has 0 aromatic heterocycles. The number of nitrogens with zero attached hydrogens (tertiary/aromatic N) is 1. The van der Waals surface area contributed by atoms with Crippen LogP contribution in [0.4, 0.5) is 13.2 Å². The molecular formula is C18H18ClF3N2O. The highest BCUT2D eigenvalue weighted by atomic mass is 35.5. The molecule has 0 bridgehead atoms. The number of halogens is 4. The zero-order valence-corrected chi connectivity index (χ0v) is 14.5. The predicted molar refractivity (Wildman–Crippen MR) is 91.7 cm³/mol. The van der Waals surface area contributed by atoms with Crippen LogP contribution in [0.1, 0.15) is 27.5 Å². The molecule has 0 aliphatic carbocycles. The quantitative estimate of drug-likeness (QED) is 0.846. The maximum absolute atomic E-state index is 12.6. The lowest BCUT2D eigenvalue weighted by Gasteiger charge is -2.26. The normalized spacial score (nSPS) is 12.9. The number of nitrogens with one attached hydrogen (secondary N) is 1. The van der Waals surface area contributed by atoms with E-state index < -0.39 is 17.6 Å². The summed E-state index contributed by atoms with van der Waals surface area (Å²) in [6.45, 7) is 0.274. The fourth-order valence-electron chi connectivity index (χ4n) is 2.42. The van der Waals surface area contributed by atoms with Gasteiger partial charge >= 0.3 is 6.18 Å². The van der Waals surface area contributed by atoms with E-state index in [0.717, 1.165) is 29.8 Å². The van der Waals surface area contributed by atoms with Crippen molar-refractivity contribution in [3.8, 4) is 0 Å². The minimum Gasteiger partial charge on any atom is -0.350 e. The number of carbonyl (C=O) groups excluding carboxylic acids is 1. The molecule has 0 aliphatic rings. The highest BCUT2D eigenvalue weighted by Gasteiger charge is 2.30. The number of rotatable bonds is 5. The Morgan fingerprint density at radius 1 is 1.12 bits per heavy atom. The number of amides is 1. The van der Waals surface area contributed by atoms with E-state index in [1.54, 1.807) is 6.07 Å². The largest absolute Gasteiger partial charge is 0.416 e. The summed E-state index contributed by atoms with van der Waals surface area (Å²) in [4.78, 5) is 14.1. The van der Waals surface area contributed by atoms with Crippen molar-refractivity contribution in [3.63, 3.8) is 0 Å². The third-order valence-corrected chi connectivity index (χ3v) is 4.16. The van der Waals surface area contributed by atoms with Crippen LogP contribution >= 0.6 is 11.6 Å². The maximum Gasteiger partial charge on any atom is 0.416 e. The van der Waals surface area contributed by atoms with E-state index in [4.69, 9.17) is 11.6 Å². The highest BCUT2D eigenvalue weighted by Crippen LogP contribution is 2.29. The van der Waals surface area contributed by atoms with Crippen LogP contribution in [0.2, 0.25) is 5.02 Å². The molecule has 0 fully saturated rings. The number of carbonyl (C=O) groups is 1. The first-order chi connectivity index (χ1) is 11.7. The highest BCUT2D eigenvalue weighted by molar-refractivity contribution is 6.31. The topological polar surface area (TPSA) is 32.3 Å². The van der Waals surface area contributed by atoms with Gasteiger partial charge in [0.05, 0.1) is 11.6 Å². The molecule has 3 nitrogen and oxygen atoms in total. The lowest BCUT2D eigenvalue weighted by Crippen LogP contribution is -2.34. The van der Waals surface area contributed by atoms with Crippen LogP contribution in [0.3, 0.4) is 0 Å². The molecular weight excluding hydrogens is 353 g/mol. The minimum absolute atomic E-state index is 0.160. The van der Waals surface area contributed by atoms with E-state index >= 15 is 0 Å². The summed E-state index contributed by atoms with van der Waals surface area (Å²) >= 11 is 6.21. The molecule has 0 radical (unpaired) electrons. The fraction of sp³-hybridized carbons (Fsp3) is 0.278. The maximum atomic E-state index is 12.6. The van der Waals surface area contributed by atoms with E-state index in [2.05, 4.69) is 5.32 Å². The van der Waals surface area contributed by atoms with E-state index in [1.165, 1.54) is 0 Å². The van der Waals surface area contributed by atoms with Gasteiger partial charge in [-0.3, -0.25) is 4.79 Å². The molecule has 2 aromatic carbocycles. The second kappa shape index (κ2) is 7.89. The van der Waals surface area contributed by atoms with Crippen molar-refractivity contribution in [2.45, 2.75) is 12.2 Å². The number of hydrogen-bond donors (Lipinski definition) is 1. The lowest BCUT2D eigenvalue weighted by atomic mass is 10.1. The van der Waals surface area contributed by atoms with E-state index in [1.807, 2.05) is 37.2 Å². The second-order valence-electron chi connectivity index (χ2n) is 5.79. The van der Waals surface area contributed by atoms with E-state index in [9.17, 15) is 18.0 Å². The molecule has 1 unspecified atom stereocenters. The smallest absolute Gasteiger partial charge is 0.350 e. The van der Waals surface area contributed by atoms with Crippen LogP contribution in [0.25, 0.3) is 0 Å². The van der Waals surface area contributed by atoms with E-state index in [-0.39, 0.29) is 18.2 Å². The average Bonchev–Trinajstić information content (AvgIpc) is 2.55. The van der Waals surface area contributed by atoms with Crippen LogP contribution in [0, 0.1) is 0 Å². The van der Waals surface area contributed by atoms with Gasteiger partial charge < -0.3 is 10.2 Å². The minimum atomic E-state index is -4.42. The monoisotopic (exact) mass is 370 g/mol. The number of alkyl halides is 3. The zero-order chi connectivity index (χ0) is 18.6. The van der Waals surface area contributed by atoms with E-state index in [0.29, 0.717) is 5.02 Å².